The van der Waals surface area contributed by atoms with Gasteiger partial charge in [-0.15, -0.1) is 0 Å². The van der Waals surface area contributed by atoms with Crippen LogP contribution in [0.5, 0.6) is 5.75 Å². The second kappa shape index (κ2) is 7.22. The van der Waals surface area contributed by atoms with Crippen LogP contribution in [0.15, 0.2) is 16.6 Å². The molecule has 0 saturated carbocycles. The zero-order valence-corrected chi connectivity index (χ0v) is 14.8. The molecule has 1 aromatic carbocycles. The molecule has 1 aromatic rings. The molecule has 0 spiro atoms. The molecule has 0 aliphatic rings. The standard InChI is InChI=1S/C15H23BrN2O3/c1-10(8-17-15(3,4)5)9-21-14-11(2)6-12(16)7-13(14)18(19)20/h6-7,10,17H,8-9H2,1-5H3. The fraction of sp³-hybridized carbons (Fsp3) is 0.600. The Morgan fingerprint density at radius 2 is 2.05 bits per heavy atom. The van der Waals surface area contributed by atoms with Crippen molar-refractivity contribution in [3.05, 3.63) is 32.3 Å². The van der Waals surface area contributed by atoms with Crippen LogP contribution in [0.1, 0.15) is 33.3 Å². The maximum atomic E-state index is 11.1. The van der Waals surface area contributed by atoms with Gasteiger partial charge in [-0.3, -0.25) is 10.1 Å². The van der Waals surface area contributed by atoms with Crippen LogP contribution in [0.25, 0.3) is 0 Å². The molecule has 1 N–H and O–H groups in total. The van der Waals surface area contributed by atoms with Gasteiger partial charge in [-0.05, 0) is 39.3 Å². The van der Waals surface area contributed by atoms with Crippen molar-refractivity contribution < 1.29 is 9.66 Å². The molecule has 0 bridgehead atoms. The summed E-state index contributed by atoms with van der Waals surface area (Å²) in [6.45, 7) is 11.4. The van der Waals surface area contributed by atoms with E-state index < -0.39 is 4.92 Å². The molecule has 0 heterocycles. The van der Waals surface area contributed by atoms with E-state index in [9.17, 15) is 10.1 Å². The van der Waals surface area contributed by atoms with Gasteiger partial charge in [0.05, 0.1) is 11.5 Å². The van der Waals surface area contributed by atoms with E-state index in [1.54, 1.807) is 0 Å². The normalized spacial score (nSPS) is 13.0. The van der Waals surface area contributed by atoms with Crippen molar-refractivity contribution in [1.29, 1.82) is 0 Å². The van der Waals surface area contributed by atoms with Crippen molar-refractivity contribution in [3.8, 4) is 5.75 Å². The lowest BCUT2D eigenvalue weighted by molar-refractivity contribution is -0.386. The molecule has 1 unspecified atom stereocenters. The summed E-state index contributed by atoms with van der Waals surface area (Å²) in [5, 5.41) is 14.5. The molecule has 0 aliphatic heterocycles. The number of benzene rings is 1. The van der Waals surface area contributed by atoms with Crippen molar-refractivity contribution in [2.24, 2.45) is 5.92 Å². The molecule has 0 radical (unpaired) electrons. The fourth-order valence-corrected chi connectivity index (χ4v) is 2.36. The Hall–Kier alpha value is -1.14. The predicted molar refractivity (Wildman–Crippen MR) is 87.9 cm³/mol. The summed E-state index contributed by atoms with van der Waals surface area (Å²) in [7, 11) is 0. The Morgan fingerprint density at radius 3 is 2.57 bits per heavy atom. The van der Waals surface area contributed by atoms with Crippen molar-refractivity contribution in [2.45, 2.75) is 40.2 Å². The second-order valence-corrected chi connectivity index (χ2v) is 7.29. The molecule has 0 aliphatic carbocycles. The van der Waals surface area contributed by atoms with Gasteiger partial charge in [0.1, 0.15) is 0 Å². The lowest BCUT2D eigenvalue weighted by Gasteiger charge is -2.23. The summed E-state index contributed by atoms with van der Waals surface area (Å²) in [4.78, 5) is 10.7. The van der Waals surface area contributed by atoms with Crippen LogP contribution < -0.4 is 10.1 Å². The number of hydrogen-bond donors (Lipinski definition) is 1. The van der Waals surface area contributed by atoms with Crippen molar-refractivity contribution in [1.82, 2.24) is 5.32 Å². The maximum Gasteiger partial charge on any atom is 0.312 e. The number of nitrogens with one attached hydrogen (secondary N) is 1. The van der Waals surface area contributed by atoms with Crippen LogP contribution in [0, 0.1) is 23.0 Å². The third kappa shape index (κ3) is 6.01. The zero-order chi connectivity index (χ0) is 16.2. The number of rotatable bonds is 6. The van der Waals surface area contributed by atoms with Gasteiger partial charge in [0.2, 0.25) is 0 Å². The smallest absolute Gasteiger partial charge is 0.312 e. The minimum atomic E-state index is -0.412. The van der Waals surface area contributed by atoms with Crippen LogP contribution >= 0.6 is 15.9 Å². The predicted octanol–water partition coefficient (Wildman–Crippen LogP) is 4.07. The highest BCUT2D eigenvalue weighted by Crippen LogP contribution is 2.34. The Morgan fingerprint density at radius 1 is 1.43 bits per heavy atom. The number of aryl methyl sites for hydroxylation is 1. The average Bonchev–Trinajstić information content (AvgIpc) is 2.33. The van der Waals surface area contributed by atoms with Crippen LogP contribution in [0.2, 0.25) is 0 Å². The van der Waals surface area contributed by atoms with E-state index in [1.165, 1.54) is 6.07 Å². The monoisotopic (exact) mass is 358 g/mol. The number of nitrogens with zero attached hydrogens (tertiary/aromatic N) is 1. The zero-order valence-electron chi connectivity index (χ0n) is 13.2. The molecular formula is C15H23BrN2O3. The van der Waals surface area contributed by atoms with E-state index in [-0.39, 0.29) is 17.1 Å². The summed E-state index contributed by atoms with van der Waals surface area (Å²) in [5.41, 5.74) is 0.804. The largest absolute Gasteiger partial charge is 0.486 e. The van der Waals surface area contributed by atoms with E-state index in [4.69, 9.17) is 4.74 Å². The first kappa shape index (κ1) is 17.9. The number of hydrogen-bond acceptors (Lipinski definition) is 4. The average molecular weight is 359 g/mol. The molecule has 21 heavy (non-hydrogen) atoms. The molecule has 0 fully saturated rings. The summed E-state index contributed by atoms with van der Waals surface area (Å²) < 4.78 is 6.39. The van der Waals surface area contributed by atoms with Crippen molar-refractivity contribution in [3.63, 3.8) is 0 Å². The lowest BCUT2D eigenvalue weighted by atomic mass is 10.1. The highest BCUT2D eigenvalue weighted by Gasteiger charge is 2.20. The third-order valence-electron chi connectivity index (χ3n) is 2.91. The second-order valence-electron chi connectivity index (χ2n) is 6.38. The highest BCUT2D eigenvalue weighted by atomic mass is 79.9. The van der Waals surface area contributed by atoms with Crippen molar-refractivity contribution in [2.75, 3.05) is 13.2 Å². The Kier molecular flexibility index (Phi) is 6.16. The molecule has 0 aromatic heterocycles. The Balaban J connectivity index is 2.73. The first-order valence-electron chi connectivity index (χ1n) is 6.92. The molecule has 0 amide bonds. The van der Waals surface area contributed by atoms with Crippen molar-refractivity contribution >= 4 is 21.6 Å². The van der Waals surface area contributed by atoms with E-state index >= 15 is 0 Å². The summed E-state index contributed by atoms with van der Waals surface area (Å²) in [5.74, 6) is 0.609. The first-order chi connectivity index (χ1) is 9.60. The molecule has 0 saturated heterocycles. The summed E-state index contributed by atoms with van der Waals surface area (Å²) >= 11 is 3.27. The number of nitro benzene ring substituents is 1. The van der Waals surface area contributed by atoms with E-state index in [0.29, 0.717) is 16.8 Å². The molecule has 1 rings (SSSR count). The Labute approximate surface area is 134 Å². The quantitative estimate of drug-likeness (QED) is 0.614. The van der Waals surface area contributed by atoms with Gasteiger partial charge in [-0.2, -0.15) is 0 Å². The number of halogens is 1. The summed E-state index contributed by atoms with van der Waals surface area (Å²) in [6.07, 6.45) is 0. The van der Waals surface area contributed by atoms with Crippen LogP contribution in [-0.2, 0) is 0 Å². The number of ether oxygens (including phenoxy) is 1. The van der Waals surface area contributed by atoms with Gasteiger partial charge in [0, 0.05) is 28.5 Å². The molecule has 6 heteroatoms. The van der Waals surface area contributed by atoms with E-state index in [2.05, 4.69) is 48.9 Å². The van der Waals surface area contributed by atoms with Gasteiger partial charge in [-0.1, -0.05) is 22.9 Å². The molecule has 118 valence electrons. The number of nitro groups is 1. The molecule has 5 nitrogen and oxygen atoms in total. The van der Waals surface area contributed by atoms with Gasteiger partial charge in [-0.25, -0.2) is 0 Å². The summed E-state index contributed by atoms with van der Waals surface area (Å²) in [6, 6.07) is 3.29. The third-order valence-corrected chi connectivity index (χ3v) is 3.37. The topological polar surface area (TPSA) is 64.4 Å². The lowest BCUT2D eigenvalue weighted by Crippen LogP contribution is -2.39. The van der Waals surface area contributed by atoms with Gasteiger partial charge in [0.15, 0.2) is 5.75 Å². The molecular weight excluding hydrogens is 336 g/mol. The highest BCUT2D eigenvalue weighted by molar-refractivity contribution is 9.10. The maximum absolute atomic E-state index is 11.1. The van der Waals surface area contributed by atoms with Gasteiger partial charge >= 0.3 is 5.69 Å². The van der Waals surface area contributed by atoms with E-state index in [0.717, 1.165) is 12.1 Å². The minimum Gasteiger partial charge on any atom is -0.486 e. The molecule has 1 atom stereocenters. The Bertz CT molecular complexity index is 512. The van der Waals surface area contributed by atoms with Crippen LogP contribution in [0.3, 0.4) is 0 Å². The van der Waals surface area contributed by atoms with Crippen LogP contribution in [-0.4, -0.2) is 23.6 Å². The van der Waals surface area contributed by atoms with Gasteiger partial charge < -0.3 is 10.1 Å². The first-order valence-corrected chi connectivity index (χ1v) is 7.72. The SMILES string of the molecule is Cc1cc(Br)cc([N+](=O)[O-])c1OCC(C)CNC(C)(C)C. The van der Waals surface area contributed by atoms with E-state index in [1.807, 2.05) is 13.0 Å². The fourth-order valence-electron chi connectivity index (χ4n) is 1.80. The minimum absolute atomic E-state index is 0.00199. The van der Waals surface area contributed by atoms with Gasteiger partial charge in [0.25, 0.3) is 0 Å². The van der Waals surface area contributed by atoms with Crippen LogP contribution in [0.4, 0.5) is 5.69 Å².